The van der Waals surface area contributed by atoms with Gasteiger partial charge in [0.05, 0.1) is 12.1 Å². The van der Waals surface area contributed by atoms with Gasteiger partial charge in [-0.3, -0.25) is 14.1 Å². The number of carbonyl (C=O) groups is 1. The molecule has 0 bridgehead atoms. The lowest BCUT2D eigenvalue weighted by atomic mass is 10.0. The molecule has 1 aliphatic rings. The van der Waals surface area contributed by atoms with E-state index in [2.05, 4.69) is 36.3 Å². The Morgan fingerprint density at radius 3 is 3.07 bits per heavy atom. The van der Waals surface area contributed by atoms with Gasteiger partial charge in [0.2, 0.25) is 5.95 Å². The third-order valence-electron chi connectivity index (χ3n) is 5.51. The largest absolute Gasteiger partial charge is 0.428 e. The number of carbonyl (C=O) groups excluding carboxylic acids is 1. The van der Waals surface area contributed by atoms with E-state index in [1.54, 1.807) is 6.07 Å². The number of fused-ring (bicyclic) bond motifs is 1. The minimum atomic E-state index is 0.142. The molecule has 2 N–H and O–H groups in total. The lowest BCUT2D eigenvalue weighted by Crippen LogP contribution is -2.47. The number of benzene rings is 1. The zero-order valence-electron chi connectivity index (χ0n) is 16.7. The number of aliphatic hydroxyl groups excluding tert-OH is 1. The quantitative estimate of drug-likeness (QED) is 0.509. The summed E-state index contributed by atoms with van der Waals surface area (Å²) >= 11 is 3.40. The van der Waals surface area contributed by atoms with Crippen LogP contribution in [0.5, 0.6) is 5.75 Å². The molecule has 1 saturated heterocycles. The second-order valence-corrected chi connectivity index (χ2v) is 8.42. The van der Waals surface area contributed by atoms with Crippen molar-refractivity contribution in [3.63, 3.8) is 0 Å². The Balaban J connectivity index is 1.65. The van der Waals surface area contributed by atoms with Crippen molar-refractivity contribution in [3.05, 3.63) is 41.0 Å². The Morgan fingerprint density at radius 1 is 1.40 bits per heavy atom. The number of likely N-dealkylation sites (tertiary alicyclic amines) is 1. The molecule has 0 saturated carbocycles. The highest BCUT2D eigenvalue weighted by molar-refractivity contribution is 9.10. The molecule has 1 unspecified atom stereocenters. The molecule has 1 aromatic carbocycles. The van der Waals surface area contributed by atoms with Gasteiger partial charge in [-0.2, -0.15) is 0 Å². The van der Waals surface area contributed by atoms with E-state index in [0.29, 0.717) is 29.4 Å². The molecule has 0 aliphatic carbocycles. The molecule has 4 rings (SSSR count). The number of nitrogens with one attached hydrogen (secondary N) is 1. The Bertz CT molecular complexity index is 1040. The first-order valence-electron chi connectivity index (χ1n) is 9.96. The van der Waals surface area contributed by atoms with E-state index in [-0.39, 0.29) is 18.7 Å². The standard InChI is InChI=1S/C21H24BrN5O3/c1-14(12-28)26-8-2-4-16(11-26)23-21-25-24-20(18-5-3-9-27(18)21)17-7-6-15(22)10-19(17)30-13-29/h3,5-7,9-10,13-14,16,28H,2,4,8,11-12H2,1H3,(H,23,25)/t14?,16-/m1/s1. The number of halogens is 1. The van der Waals surface area contributed by atoms with E-state index in [0.717, 1.165) is 35.9 Å². The first kappa shape index (κ1) is 20.8. The van der Waals surface area contributed by atoms with Gasteiger partial charge in [-0.25, -0.2) is 0 Å². The van der Waals surface area contributed by atoms with E-state index < -0.39 is 0 Å². The van der Waals surface area contributed by atoms with Gasteiger partial charge < -0.3 is 15.2 Å². The molecule has 8 nitrogen and oxygen atoms in total. The average molecular weight is 474 g/mol. The van der Waals surface area contributed by atoms with Crippen molar-refractivity contribution in [2.75, 3.05) is 25.0 Å². The fraction of sp³-hybridized carbons (Fsp3) is 0.381. The molecule has 9 heteroatoms. The monoisotopic (exact) mass is 473 g/mol. The minimum Gasteiger partial charge on any atom is -0.428 e. The van der Waals surface area contributed by atoms with Gasteiger partial charge in [0.15, 0.2) is 0 Å². The summed E-state index contributed by atoms with van der Waals surface area (Å²) in [7, 11) is 0. The van der Waals surface area contributed by atoms with Gasteiger partial charge in [0.1, 0.15) is 11.4 Å². The predicted octanol–water partition coefficient (Wildman–Crippen LogP) is 2.95. The van der Waals surface area contributed by atoms with Gasteiger partial charge in [-0.1, -0.05) is 15.9 Å². The fourth-order valence-electron chi connectivity index (χ4n) is 3.91. The lowest BCUT2D eigenvalue weighted by Gasteiger charge is -2.36. The van der Waals surface area contributed by atoms with E-state index >= 15 is 0 Å². The Kier molecular flexibility index (Phi) is 6.31. The van der Waals surface area contributed by atoms with Crippen LogP contribution >= 0.6 is 15.9 Å². The van der Waals surface area contributed by atoms with E-state index in [1.165, 1.54) is 0 Å². The maximum absolute atomic E-state index is 10.9. The zero-order valence-corrected chi connectivity index (χ0v) is 18.2. The van der Waals surface area contributed by atoms with Gasteiger partial charge in [0.25, 0.3) is 6.47 Å². The summed E-state index contributed by atoms with van der Waals surface area (Å²) in [6, 6.07) is 9.72. The van der Waals surface area contributed by atoms with Crippen LogP contribution in [0.3, 0.4) is 0 Å². The van der Waals surface area contributed by atoms with Crippen LogP contribution < -0.4 is 10.1 Å². The molecular weight excluding hydrogens is 450 g/mol. The predicted molar refractivity (Wildman–Crippen MR) is 118 cm³/mol. The van der Waals surface area contributed by atoms with Crippen molar-refractivity contribution in [1.82, 2.24) is 19.5 Å². The maximum Gasteiger partial charge on any atom is 0.298 e. The van der Waals surface area contributed by atoms with Crippen LogP contribution in [0.4, 0.5) is 5.95 Å². The van der Waals surface area contributed by atoms with E-state index in [9.17, 15) is 9.90 Å². The number of hydrogen-bond acceptors (Lipinski definition) is 7. The number of aromatic nitrogens is 3. The third-order valence-corrected chi connectivity index (χ3v) is 6.01. The molecule has 30 heavy (non-hydrogen) atoms. The first-order chi connectivity index (χ1) is 14.6. The number of rotatable bonds is 7. The Labute approximate surface area is 183 Å². The SMILES string of the molecule is CC(CO)N1CCC[C@@H](Nc2nnc(-c3ccc(Br)cc3OC=O)c3cccn23)C1. The molecule has 158 valence electrons. The van der Waals surface area contributed by atoms with Gasteiger partial charge >= 0.3 is 0 Å². The molecule has 0 radical (unpaired) electrons. The summed E-state index contributed by atoms with van der Waals surface area (Å²) in [5.74, 6) is 1.08. The van der Waals surface area contributed by atoms with Crippen LogP contribution in [-0.2, 0) is 4.79 Å². The second-order valence-electron chi connectivity index (χ2n) is 7.50. The molecular formula is C21H24BrN5O3. The summed E-state index contributed by atoms with van der Waals surface area (Å²) < 4.78 is 7.93. The van der Waals surface area contributed by atoms with Crippen molar-refractivity contribution in [3.8, 4) is 17.0 Å². The number of nitrogens with zero attached hydrogens (tertiary/aromatic N) is 4. The number of aliphatic hydroxyl groups is 1. The van der Waals surface area contributed by atoms with Crippen molar-refractivity contribution < 1.29 is 14.6 Å². The maximum atomic E-state index is 10.9. The summed E-state index contributed by atoms with van der Waals surface area (Å²) in [6.45, 7) is 4.44. The number of anilines is 1. The van der Waals surface area contributed by atoms with Crippen LogP contribution in [0.1, 0.15) is 19.8 Å². The molecule has 2 atom stereocenters. The lowest BCUT2D eigenvalue weighted by molar-refractivity contribution is -0.120. The van der Waals surface area contributed by atoms with Crippen molar-refractivity contribution in [2.24, 2.45) is 0 Å². The normalized spacial score (nSPS) is 18.3. The minimum absolute atomic E-state index is 0.142. The van der Waals surface area contributed by atoms with Crippen LogP contribution in [0, 0.1) is 0 Å². The zero-order chi connectivity index (χ0) is 21.1. The fourth-order valence-corrected chi connectivity index (χ4v) is 4.25. The molecule has 0 spiro atoms. The summed E-state index contributed by atoms with van der Waals surface area (Å²) in [5.41, 5.74) is 2.18. The number of piperidine rings is 1. The highest BCUT2D eigenvalue weighted by Crippen LogP contribution is 2.34. The number of ether oxygens (including phenoxy) is 1. The average Bonchev–Trinajstić information content (AvgIpc) is 3.25. The molecule has 1 fully saturated rings. The van der Waals surface area contributed by atoms with Crippen LogP contribution in [0.25, 0.3) is 16.8 Å². The van der Waals surface area contributed by atoms with Gasteiger partial charge in [-0.15, -0.1) is 10.2 Å². The van der Waals surface area contributed by atoms with Crippen molar-refractivity contribution in [1.29, 1.82) is 0 Å². The van der Waals surface area contributed by atoms with Crippen LogP contribution in [0.15, 0.2) is 41.0 Å². The molecule has 3 heterocycles. The molecule has 1 aliphatic heterocycles. The van der Waals surface area contributed by atoms with Crippen LogP contribution in [-0.4, -0.2) is 62.9 Å². The summed E-state index contributed by atoms with van der Waals surface area (Å²) in [4.78, 5) is 13.2. The topological polar surface area (TPSA) is 92.0 Å². The summed E-state index contributed by atoms with van der Waals surface area (Å²) in [6.07, 6.45) is 4.03. The number of hydrogen-bond donors (Lipinski definition) is 2. The molecule has 2 aromatic heterocycles. The van der Waals surface area contributed by atoms with E-state index in [4.69, 9.17) is 4.74 Å². The van der Waals surface area contributed by atoms with Gasteiger partial charge in [0, 0.05) is 34.9 Å². The van der Waals surface area contributed by atoms with Crippen LogP contribution in [0.2, 0.25) is 0 Å². The second kappa shape index (κ2) is 9.11. The highest BCUT2D eigenvalue weighted by atomic mass is 79.9. The van der Waals surface area contributed by atoms with Crippen molar-refractivity contribution in [2.45, 2.75) is 31.8 Å². The first-order valence-corrected chi connectivity index (χ1v) is 10.8. The smallest absolute Gasteiger partial charge is 0.298 e. The highest BCUT2D eigenvalue weighted by Gasteiger charge is 2.24. The molecule has 0 amide bonds. The Morgan fingerprint density at radius 2 is 2.27 bits per heavy atom. The molecule has 3 aromatic rings. The van der Waals surface area contributed by atoms with Gasteiger partial charge in [-0.05, 0) is 56.6 Å². The van der Waals surface area contributed by atoms with Crippen molar-refractivity contribution >= 4 is 33.9 Å². The Hall–Kier alpha value is -2.49. The third kappa shape index (κ3) is 4.19. The van der Waals surface area contributed by atoms with E-state index in [1.807, 2.05) is 41.8 Å². The summed E-state index contributed by atoms with van der Waals surface area (Å²) in [5, 5.41) is 21.9.